The monoisotopic (exact) mass is 154 g/mol. The highest BCUT2D eigenvalue weighted by molar-refractivity contribution is 5.36. The molecule has 1 aromatic rings. The average molecular weight is 154 g/mol. The van der Waals surface area contributed by atoms with Crippen LogP contribution in [0.2, 0.25) is 0 Å². The lowest BCUT2D eigenvalue weighted by Gasteiger charge is -2.05. The third-order valence-electron chi connectivity index (χ3n) is 1.44. The number of aromatic nitrogens is 2. The SMILES string of the molecule is CNCc1cc(N(C)C)n[nH]1. The lowest BCUT2D eigenvalue weighted by atomic mass is 10.4. The van der Waals surface area contributed by atoms with Crippen LogP contribution in [-0.4, -0.2) is 31.3 Å². The van der Waals surface area contributed by atoms with Gasteiger partial charge >= 0.3 is 0 Å². The molecule has 0 saturated heterocycles. The van der Waals surface area contributed by atoms with E-state index in [0.29, 0.717) is 0 Å². The summed E-state index contributed by atoms with van der Waals surface area (Å²) in [5.41, 5.74) is 1.11. The zero-order valence-corrected chi connectivity index (χ0v) is 7.18. The first-order valence-corrected chi connectivity index (χ1v) is 3.60. The maximum atomic E-state index is 4.10. The van der Waals surface area contributed by atoms with Crippen molar-refractivity contribution in [3.8, 4) is 0 Å². The molecule has 4 nitrogen and oxygen atoms in total. The van der Waals surface area contributed by atoms with Crippen LogP contribution in [-0.2, 0) is 6.54 Å². The second-order valence-electron chi connectivity index (χ2n) is 2.68. The summed E-state index contributed by atoms with van der Waals surface area (Å²) < 4.78 is 0. The summed E-state index contributed by atoms with van der Waals surface area (Å²) in [4.78, 5) is 1.97. The Bertz CT molecular complexity index is 216. The number of rotatable bonds is 3. The molecule has 1 aromatic heterocycles. The van der Waals surface area contributed by atoms with Crippen LogP contribution < -0.4 is 10.2 Å². The van der Waals surface area contributed by atoms with Crippen molar-refractivity contribution >= 4 is 5.82 Å². The van der Waals surface area contributed by atoms with Gasteiger partial charge in [0.05, 0.1) is 5.69 Å². The Labute approximate surface area is 66.6 Å². The predicted molar refractivity (Wildman–Crippen MR) is 45.7 cm³/mol. The molecule has 0 aliphatic carbocycles. The molecule has 0 atom stereocenters. The molecule has 0 fully saturated rings. The number of nitrogens with one attached hydrogen (secondary N) is 2. The number of anilines is 1. The van der Waals surface area contributed by atoms with E-state index in [-0.39, 0.29) is 0 Å². The zero-order valence-electron chi connectivity index (χ0n) is 7.18. The van der Waals surface area contributed by atoms with Crippen LogP contribution in [0.1, 0.15) is 5.69 Å². The Kier molecular flexibility index (Phi) is 2.48. The summed E-state index contributed by atoms with van der Waals surface area (Å²) >= 11 is 0. The second-order valence-corrected chi connectivity index (χ2v) is 2.68. The fourth-order valence-electron chi connectivity index (χ4n) is 0.860. The van der Waals surface area contributed by atoms with Crippen molar-refractivity contribution < 1.29 is 0 Å². The molecule has 1 rings (SSSR count). The number of nitrogens with zero attached hydrogens (tertiary/aromatic N) is 2. The van der Waals surface area contributed by atoms with Crippen molar-refractivity contribution in [3.63, 3.8) is 0 Å². The van der Waals surface area contributed by atoms with Crippen molar-refractivity contribution in [3.05, 3.63) is 11.8 Å². The molecule has 0 aliphatic rings. The Hall–Kier alpha value is -1.03. The Balaban J connectivity index is 2.66. The Morgan fingerprint density at radius 1 is 1.64 bits per heavy atom. The zero-order chi connectivity index (χ0) is 8.27. The van der Waals surface area contributed by atoms with Crippen LogP contribution >= 0.6 is 0 Å². The first-order chi connectivity index (χ1) is 5.24. The summed E-state index contributed by atoms with van der Waals surface area (Å²) in [7, 11) is 5.86. The van der Waals surface area contributed by atoms with Gasteiger partial charge in [-0.2, -0.15) is 5.10 Å². The van der Waals surface area contributed by atoms with E-state index in [9.17, 15) is 0 Å². The van der Waals surface area contributed by atoms with Gasteiger partial charge in [0.2, 0.25) is 0 Å². The van der Waals surface area contributed by atoms with E-state index in [1.807, 2.05) is 32.1 Å². The van der Waals surface area contributed by atoms with E-state index in [4.69, 9.17) is 0 Å². The van der Waals surface area contributed by atoms with E-state index < -0.39 is 0 Å². The summed E-state index contributed by atoms with van der Waals surface area (Å²) in [5.74, 6) is 0.968. The predicted octanol–water partition coefficient (Wildman–Crippen LogP) is 0.195. The first kappa shape index (κ1) is 8.07. The normalized spacial score (nSPS) is 10.1. The Morgan fingerprint density at radius 3 is 2.82 bits per heavy atom. The second kappa shape index (κ2) is 3.39. The summed E-state index contributed by atoms with van der Waals surface area (Å²) in [6.07, 6.45) is 0. The average Bonchev–Trinajstić information content (AvgIpc) is 2.37. The fraction of sp³-hybridized carbons (Fsp3) is 0.571. The molecule has 1 heterocycles. The van der Waals surface area contributed by atoms with Crippen LogP contribution in [0.3, 0.4) is 0 Å². The van der Waals surface area contributed by atoms with Gasteiger partial charge in [-0.1, -0.05) is 0 Å². The third kappa shape index (κ3) is 1.94. The number of hydrogen-bond donors (Lipinski definition) is 2. The number of aromatic amines is 1. The minimum Gasteiger partial charge on any atom is -0.361 e. The molecule has 4 heteroatoms. The molecule has 0 unspecified atom stereocenters. The van der Waals surface area contributed by atoms with Crippen LogP contribution in [0.15, 0.2) is 6.07 Å². The van der Waals surface area contributed by atoms with E-state index in [1.165, 1.54) is 0 Å². The number of hydrogen-bond acceptors (Lipinski definition) is 3. The molecule has 2 N–H and O–H groups in total. The van der Waals surface area contributed by atoms with Gasteiger partial charge < -0.3 is 10.2 Å². The van der Waals surface area contributed by atoms with Crippen LogP contribution in [0, 0.1) is 0 Å². The van der Waals surface area contributed by atoms with Gasteiger partial charge in [-0.15, -0.1) is 0 Å². The molecule has 0 spiro atoms. The van der Waals surface area contributed by atoms with Crippen molar-refractivity contribution in [2.75, 3.05) is 26.0 Å². The van der Waals surface area contributed by atoms with Crippen molar-refractivity contribution in [2.24, 2.45) is 0 Å². The smallest absolute Gasteiger partial charge is 0.150 e. The minimum absolute atomic E-state index is 0.834. The van der Waals surface area contributed by atoms with Crippen LogP contribution in [0.5, 0.6) is 0 Å². The molecular formula is C7H14N4. The van der Waals surface area contributed by atoms with Crippen LogP contribution in [0.4, 0.5) is 5.82 Å². The van der Waals surface area contributed by atoms with Crippen molar-refractivity contribution in [1.29, 1.82) is 0 Å². The standard InChI is InChI=1S/C7H14N4/c1-8-5-6-4-7(10-9-6)11(2)3/h4,8H,5H2,1-3H3,(H,9,10). The fourth-order valence-corrected chi connectivity index (χ4v) is 0.860. The highest BCUT2D eigenvalue weighted by atomic mass is 15.2. The summed E-state index contributed by atoms with van der Waals surface area (Å²) in [5, 5.41) is 10.1. The lowest BCUT2D eigenvalue weighted by Crippen LogP contribution is -2.08. The molecule has 11 heavy (non-hydrogen) atoms. The first-order valence-electron chi connectivity index (χ1n) is 3.60. The minimum atomic E-state index is 0.834. The topological polar surface area (TPSA) is 44.0 Å². The van der Waals surface area contributed by atoms with E-state index in [0.717, 1.165) is 18.1 Å². The van der Waals surface area contributed by atoms with Gasteiger partial charge in [-0.05, 0) is 7.05 Å². The van der Waals surface area contributed by atoms with E-state index in [2.05, 4.69) is 15.5 Å². The summed E-state index contributed by atoms with van der Waals surface area (Å²) in [6.45, 7) is 0.834. The maximum Gasteiger partial charge on any atom is 0.150 e. The maximum absolute atomic E-state index is 4.10. The lowest BCUT2D eigenvalue weighted by molar-refractivity contribution is 0.784. The van der Waals surface area contributed by atoms with Gasteiger partial charge in [-0.25, -0.2) is 0 Å². The largest absolute Gasteiger partial charge is 0.361 e. The molecule has 62 valence electrons. The van der Waals surface area contributed by atoms with Gasteiger partial charge in [0.25, 0.3) is 0 Å². The van der Waals surface area contributed by atoms with E-state index >= 15 is 0 Å². The highest BCUT2D eigenvalue weighted by Gasteiger charge is 1.99. The van der Waals surface area contributed by atoms with E-state index in [1.54, 1.807) is 0 Å². The molecular weight excluding hydrogens is 140 g/mol. The number of H-pyrrole nitrogens is 1. The van der Waals surface area contributed by atoms with Crippen molar-refractivity contribution in [2.45, 2.75) is 6.54 Å². The van der Waals surface area contributed by atoms with Gasteiger partial charge in [-0.3, -0.25) is 5.10 Å². The molecule has 0 amide bonds. The Morgan fingerprint density at radius 2 is 2.36 bits per heavy atom. The quantitative estimate of drug-likeness (QED) is 0.653. The summed E-state index contributed by atoms with van der Waals surface area (Å²) in [6, 6.07) is 2.02. The molecule has 0 bridgehead atoms. The van der Waals surface area contributed by atoms with Crippen LogP contribution in [0.25, 0.3) is 0 Å². The highest BCUT2D eigenvalue weighted by Crippen LogP contribution is 2.07. The van der Waals surface area contributed by atoms with Gasteiger partial charge in [0.15, 0.2) is 0 Å². The molecule has 0 aromatic carbocycles. The molecule has 0 aliphatic heterocycles. The van der Waals surface area contributed by atoms with Gasteiger partial charge in [0, 0.05) is 26.7 Å². The third-order valence-corrected chi connectivity index (χ3v) is 1.44. The molecule has 0 saturated carbocycles. The molecule has 0 radical (unpaired) electrons. The van der Waals surface area contributed by atoms with Crippen molar-refractivity contribution in [1.82, 2.24) is 15.5 Å². The van der Waals surface area contributed by atoms with Gasteiger partial charge in [0.1, 0.15) is 5.82 Å².